The number of rotatable bonds is 6. The Balaban J connectivity index is 1.62. The van der Waals surface area contributed by atoms with E-state index >= 15 is 0 Å². The predicted molar refractivity (Wildman–Crippen MR) is 122 cm³/mol. The smallest absolute Gasteiger partial charge is 0.278 e. The van der Waals surface area contributed by atoms with Crippen LogP contribution in [-0.4, -0.2) is 36.5 Å². The maximum absolute atomic E-state index is 13.0. The van der Waals surface area contributed by atoms with Gasteiger partial charge in [-0.15, -0.1) is 0 Å². The second-order valence-corrected chi connectivity index (χ2v) is 7.82. The van der Waals surface area contributed by atoms with Crippen molar-refractivity contribution in [2.75, 3.05) is 23.9 Å². The number of benzene rings is 2. The molecule has 0 saturated carbocycles. The number of oxazole rings is 1. The van der Waals surface area contributed by atoms with Crippen LogP contribution in [-0.2, 0) is 0 Å². The number of carbonyl (C=O) groups excluding carboxylic acids is 2. The second kappa shape index (κ2) is 9.13. The van der Waals surface area contributed by atoms with E-state index in [-0.39, 0.29) is 5.69 Å². The second-order valence-electron chi connectivity index (χ2n) is 7.82. The number of aromatic nitrogens is 1. The predicted octanol–water partition coefficient (Wildman–Crippen LogP) is 4.08. The first-order valence-corrected chi connectivity index (χ1v) is 10.6. The van der Waals surface area contributed by atoms with Crippen LogP contribution in [0.3, 0.4) is 0 Å². The van der Waals surface area contributed by atoms with Gasteiger partial charge in [-0.1, -0.05) is 12.1 Å². The first-order valence-electron chi connectivity index (χ1n) is 10.6. The number of nitrogens with two attached hydrogens (primary N) is 1. The van der Waals surface area contributed by atoms with Gasteiger partial charge in [0.2, 0.25) is 0 Å². The Morgan fingerprint density at radius 3 is 2.78 bits per heavy atom. The highest BCUT2D eigenvalue weighted by Gasteiger charge is 2.24. The number of hydrogen-bond donors (Lipinski definition) is 2. The maximum Gasteiger partial charge on any atom is 0.278 e. The molecule has 8 nitrogen and oxygen atoms in total. The fourth-order valence-electron chi connectivity index (χ4n) is 4.14. The van der Waals surface area contributed by atoms with E-state index in [1.54, 1.807) is 31.4 Å². The lowest BCUT2D eigenvalue weighted by Gasteiger charge is -2.36. The number of hydrogen-bond acceptors (Lipinski definition) is 6. The number of primary amides is 1. The number of ether oxygens (including phenoxy) is 1. The molecule has 1 atom stereocenters. The first kappa shape index (κ1) is 21.4. The van der Waals surface area contributed by atoms with E-state index in [1.807, 2.05) is 18.2 Å². The molecule has 8 heteroatoms. The highest BCUT2D eigenvalue weighted by atomic mass is 16.5. The Morgan fingerprint density at radius 2 is 2.03 bits per heavy atom. The molecule has 1 aliphatic heterocycles. The van der Waals surface area contributed by atoms with Crippen LogP contribution in [0.4, 0.5) is 11.4 Å². The average molecular weight is 434 g/mol. The third-order valence-electron chi connectivity index (χ3n) is 5.77. The highest BCUT2D eigenvalue weighted by Crippen LogP contribution is 2.33. The van der Waals surface area contributed by atoms with Gasteiger partial charge in [-0.05, 0) is 56.5 Å². The summed E-state index contributed by atoms with van der Waals surface area (Å²) in [5.74, 6) is -0.137. The van der Waals surface area contributed by atoms with Crippen molar-refractivity contribution < 1.29 is 18.7 Å². The lowest BCUT2D eigenvalue weighted by molar-refractivity contribution is 0.0995. The van der Waals surface area contributed by atoms with Crippen LogP contribution in [0.1, 0.15) is 47.0 Å². The molecule has 1 saturated heterocycles. The Kier molecular flexibility index (Phi) is 6.11. The number of nitrogens with zero attached hydrogens (tertiary/aromatic N) is 2. The molecule has 0 radical (unpaired) electrons. The Bertz CT molecular complexity index is 1140. The Hall–Kier alpha value is -3.81. The number of amides is 2. The first-order chi connectivity index (χ1) is 15.5. The summed E-state index contributed by atoms with van der Waals surface area (Å²) in [5, 5.41) is 2.80. The van der Waals surface area contributed by atoms with Gasteiger partial charge in [-0.3, -0.25) is 9.59 Å². The largest absolute Gasteiger partial charge is 0.496 e. The van der Waals surface area contributed by atoms with Crippen LogP contribution < -0.4 is 20.7 Å². The molecule has 3 aromatic rings. The molecule has 3 N–H and O–H groups in total. The quantitative estimate of drug-likeness (QED) is 0.605. The lowest BCUT2D eigenvalue weighted by atomic mass is 10.0. The fraction of sp³-hybridized carbons (Fsp3) is 0.292. The van der Waals surface area contributed by atoms with E-state index < -0.39 is 11.8 Å². The topological polar surface area (TPSA) is 111 Å². The summed E-state index contributed by atoms with van der Waals surface area (Å²) in [6.07, 6.45) is 4.52. The fourth-order valence-corrected chi connectivity index (χ4v) is 4.14. The van der Waals surface area contributed by atoms with Crippen molar-refractivity contribution in [2.24, 2.45) is 5.73 Å². The molecule has 0 bridgehead atoms. The monoisotopic (exact) mass is 434 g/mol. The third kappa shape index (κ3) is 4.16. The van der Waals surface area contributed by atoms with Gasteiger partial charge in [0.15, 0.2) is 17.8 Å². The summed E-state index contributed by atoms with van der Waals surface area (Å²) in [6.45, 7) is 3.01. The van der Waals surface area contributed by atoms with Gasteiger partial charge in [-0.25, -0.2) is 4.98 Å². The van der Waals surface area contributed by atoms with Gasteiger partial charge in [-0.2, -0.15) is 0 Å². The molecule has 0 unspecified atom stereocenters. The van der Waals surface area contributed by atoms with Crippen molar-refractivity contribution in [1.82, 2.24) is 4.98 Å². The van der Waals surface area contributed by atoms with Crippen LogP contribution in [0.5, 0.6) is 5.75 Å². The molecule has 166 valence electrons. The summed E-state index contributed by atoms with van der Waals surface area (Å²) in [5.41, 5.74) is 8.02. The van der Waals surface area contributed by atoms with Gasteiger partial charge in [0, 0.05) is 24.0 Å². The van der Waals surface area contributed by atoms with Gasteiger partial charge in [0.25, 0.3) is 11.8 Å². The number of piperidine rings is 1. The standard InChI is InChI=1S/C24H26N4O4/c1-15-7-5-6-12-28(15)19-11-10-16(13-18(19)23(25)29)27-24(30)21-22(32-14-26-21)17-8-3-4-9-20(17)31-2/h3-4,8-11,13-15H,5-7,12H2,1-2H3,(H2,25,29)(H,27,30)/t15-/m0/s1. The van der Waals surface area contributed by atoms with Crippen molar-refractivity contribution in [3.05, 3.63) is 60.1 Å². The van der Waals surface area contributed by atoms with Crippen LogP contribution in [0.2, 0.25) is 0 Å². The van der Waals surface area contributed by atoms with Crippen molar-refractivity contribution in [2.45, 2.75) is 32.2 Å². The number of methoxy groups -OCH3 is 1. The number of para-hydroxylation sites is 1. The van der Waals surface area contributed by atoms with Gasteiger partial charge < -0.3 is 25.1 Å². The molecule has 1 fully saturated rings. The molecule has 1 aliphatic rings. The summed E-state index contributed by atoms with van der Waals surface area (Å²) < 4.78 is 10.9. The molecular weight excluding hydrogens is 408 g/mol. The van der Waals surface area contributed by atoms with Crippen LogP contribution >= 0.6 is 0 Å². The van der Waals surface area contributed by atoms with E-state index in [2.05, 4.69) is 22.1 Å². The van der Waals surface area contributed by atoms with Gasteiger partial charge in [0.05, 0.1) is 18.2 Å². The average Bonchev–Trinajstić information content (AvgIpc) is 3.29. The van der Waals surface area contributed by atoms with E-state index in [0.717, 1.165) is 25.1 Å². The molecule has 1 aromatic heterocycles. The SMILES string of the molecule is COc1ccccc1-c1ocnc1C(=O)Nc1ccc(N2CCCC[C@@H]2C)c(C(N)=O)c1. The summed E-state index contributed by atoms with van der Waals surface area (Å²) >= 11 is 0. The number of carbonyl (C=O) groups is 2. The van der Waals surface area contributed by atoms with E-state index in [4.69, 9.17) is 14.9 Å². The third-order valence-corrected chi connectivity index (χ3v) is 5.77. The highest BCUT2D eigenvalue weighted by molar-refractivity contribution is 6.08. The minimum Gasteiger partial charge on any atom is -0.496 e. The number of anilines is 2. The summed E-state index contributed by atoms with van der Waals surface area (Å²) in [4.78, 5) is 31.5. The molecule has 2 heterocycles. The molecule has 32 heavy (non-hydrogen) atoms. The lowest BCUT2D eigenvalue weighted by Crippen LogP contribution is -2.38. The van der Waals surface area contributed by atoms with Crippen molar-refractivity contribution in [1.29, 1.82) is 0 Å². The van der Waals surface area contributed by atoms with Gasteiger partial charge >= 0.3 is 0 Å². The molecule has 2 aromatic carbocycles. The minimum absolute atomic E-state index is 0.115. The van der Waals surface area contributed by atoms with Gasteiger partial charge in [0.1, 0.15) is 5.75 Å². The zero-order chi connectivity index (χ0) is 22.7. The van der Waals surface area contributed by atoms with E-state index in [0.29, 0.717) is 34.4 Å². The number of nitrogens with one attached hydrogen (secondary N) is 1. The zero-order valence-corrected chi connectivity index (χ0v) is 18.1. The van der Waals surface area contributed by atoms with Crippen molar-refractivity contribution >= 4 is 23.2 Å². The van der Waals surface area contributed by atoms with E-state index in [1.165, 1.54) is 12.8 Å². The van der Waals surface area contributed by atoms with Crippen molar-refractivity contribution in [3.8, 4) is 17.1 Å². The van der Waals surface area contributed by atoms with E-state index in [9.17, 15) is 9.59 Å². The molecule has 4 rings (SSSR count). The maximum atomic E-state index is 13.0. The van der Waals surface area contributed by atoms with Crippen LogP contribution in [0, 0.1) is 0 Å². The molecule has 0 spiro atoms. The molecular formula is C24H26N4O4. The summed E-state index contributed by atoms with van der Waals surface area (Å²) in [7, 11) is 1.55. The Labute approximate surface area is 186 Å². The van der Waals surface area contributed by atoms with Crippen LogP contribution in [0.15, 0.2) is 53.3 Å². The molecule has 2 amide bonds. The normalized spacial score (nSPS) is 15.9. The Morgan fingerprint density at radius 1 is 1.22 bits per heavy atom. The summed E-state index contributed by atoms with van der Waals surface area (Å²) in [6, 6.07) is 12.7. The molecule has 0 aliphatic carbocycles. The zero-order valence-electron chi connectivity index (χ0n) is 18.1. The minimum atomic E-state index is -0.537. The van der Waals surface area contributed by atoms with Crippen molar-refractivity contribution in [3.63, 3.8) is 0 Å². The van der Waals surface area contributed by atoms with Crippen LogP contribution in [0.25, 0.3) is 11.3 Å².